The lowest BCUT2D eigenvalue weighted by atomic mass is 10.1. The number of methoxy groups -OCH3 is 1. The molecule has 0 aliphatic carbocycles. The first-order valence-electron chi connectivity index (χ1n) is 6.49. The van der Waals surface area contributed by atoms with Crippen LogP contribution in [0.2, 0.25) is 0 Å². The van der Waals surface area contributed by atoms with Crippen molar-refractivity contribution in [1.29, 1.82) is 0 Å². The Bertz CT molecular complexity index is 897. The van der Waals surface area contributed by atoms with Gasteiger partial charge >= 0.3 is 0 Å². The Morgan fingerprint density at radius 2 is 2.09 bits per heavy atom. The van der Waals surface area contributed by atoms with E-state index in [1.807, 2.05) is 29.6 Å². The average molecular weight is 315 g/mol. The Balaban J connectivity index is 2.17. The first-order chi connectivity index (χ1) is 10.6. The van der Waals surface area contributed by atoms with E-state index >= 15 is 0 Å². The molecule has 0 unspecified atom stereocenters. The molecule has 0 bridgehead atoms. The van der Waals surface area contributed by atoms with Gasteiger partial charge in [-0.15, -0.1) is 11.3 Å². The van der Waals surface area contributed by atoms with E-state index in [0.29, 0.717) is 10.2 Å². The molecule has 7 heteroatoms. The number of fused-ring (bicyclic) bond motifs is 1. The predicted octanol–water partition coefficient (Wildman–Crippen LogP) is 1.62. The molecule has 0 saturated carbocycles. The van der Waals surface area contributed by atoms with Crippen molar-refractivity contribution in [3.63, 3.8) is 0 Å². The molecule has 0 aliphatic rings. The number of nitrogens with two attached hydrogens (primary N) is 1. The summed E-state index contributed by atoms with van der Waals surface area (Å²) >= 11 is 1.39. The maximum atomic E-state index is 12.5. The molecule has 0 spiro atoms. The van der Waals surface area contributed by atoms with Crippen LogP contribution in [-0.4, -0.2) is 22.6 Å². The molecule has 3 rings (SSSR count). The number of amides is 1. The van der Waals surface area contributed by atoms with E-state index in [4.69, 9.17) is 10.5 Å². The van der Waals surface area contributed by atoms with Gasteiger partial charge in [-0.1, -0.05) is 12.1 Å². The van der Waals surface area contributed by atoms with E-state index in [1.165, 1.54) is 22.2 Å². The van der Waals surface area contributed by atoms with Gasteiger partial charge in [-0.25, -0.2) is 4.98 Å². The van der Waals surface area contributed by atoms with Gasteiger partial charge in [0.1, 0.15) is 17.1 Å². The Labute approximate surface area is 129 Å². The maximum Gasteiger partial charge on any atom is 0.263 e. The Morgan fingerprint density at radius 1 is 1.36 bits per heavy atom. The third-order valence-electron chi connectivity index (χ3n) is 3.29. The largest absolute Gasteiger partial charge is 0.497 e. The van der Waals surface area contributed by atoms with E-state index < -0.39 is 5.91 Å². The van der Waals surface area contributed by atoms with Crippen molar-refractivity contribution >= 4 is 27.5 Å². The summed E-state index contributed by atoms with van der Waals surface area (Å²) in [6.45, 7) is -0.181. The quantitative estimate of drug-likeness (QED) is 0.792. The SMILES string of the molecule is COc1ccc(-c2csc3ncn(CC(N)=O)c(=O)c23)cc1. The van der Waals surface area contributed by atoms with Gasteiger partial charge in [0.25, 0.3) is 5.56 Å². The Kier molecular flexibility index (Phi) is 3.64. The second-order valence-corrected chi connectivity index (χ2v) is 5.56. The zero-order chi connectivity index (χ0) is 15.7. The normalized spacial score (nSPS) is 10.8. The zero-order valence-electron chi connectivity index (χ0n) is 11.8. The molecule has 0 saturated heterocycles. The fourth-order valence-corrected chi connectivity index (χ4v) is 3.14. The van der Waals surface area contributed by atoms with Crippen molar-refractivity contribution in [3.05, 3.63) is 46.3 Å². The van der Waals surface area contributed by atoms with Crippen molar-refractivity contribution in [2.45, 2.75) is 6.54 Å². The lowest BCUT2D eigenvalue weighted by molar-refractivity contribution is -0.118. The van der Waals surface area contributed by atoms with E-state index in [-0.39, 0.29) is 12.1 Å². The van der Waals surface area contributed by atoms with Crippen LogP contribution in [0.5, 0.6) is 5.75 Å². The van der Waals surface area contributed by atoms with Crippen LogP contribution in [0.15, 0.2) is 40.8 Å². The summed E-state index contributed by atoms with van der Waals surface area (Å²) in [5.41, 5.74) is 6.57. The number of ether oxygens (including phenoxy) is 1. The molecule has 2 aromatic heterocycles. The number of carbonyl (C=O) groups excluding carboxylic acids is 1. The second kappa shape index (κ2) is 5.61. The summed E-state index contributed by atoms with van der Waals surface area (Å²) in [6.07, 6.45) is 1.35. The van der Waals surface area contributed by atoms with E-state index in [2.05, 4.69) is 4.98 Å². The van der Waals surface area contributed by atoms with Gasteiger partial charge in [0, 0.05) is 10.9 Å². The second-order valence-electron chi connectivity index (χ2n) is 4.70. The lowest BCUT2D eigenvalue weighted by Gasteiger charge is -2.04. The summed E-state index contributed by atoms with van der Waals surface area (Å²) < 4.78 is 6.36. The third kappa shape index (κ3) is 2.46. The Morgan fingerprint density at radius 3 is 2.73 bits per heavy atom. The third-order valence-corrected chi connectivity index (χ3v) is 4.17. The lowest BCUT2D eigenvalue weighted by Crippen LogP contribution is -2.28. The highest BCUT2D eigenvalue weighted by Gasteiger charge is 2.14. The zero-order valence-corrected chi connectivity index (χ0v) is 12.6. The van der Waals surface area contributed by atoms with Crippen molar-refractivity contribution in [2.75, 3.05) is 7.11 Å². The molecule has 112 valence electrons. The van der Waals surface area contributed by atoms with Crippen molar-refractivity contribution in [1.82, 2.24) is 9.55 Å². The van der Waals surface area contributed by atoms with Gasteiger partial charge in [0.05, 0.1) is 18.8 Å². The molecule has 1 amide bonds. The molecule has 6 nitrogen and oxygen atoms in total. The highest BCUT2D eigenvalue weighted by Crippen LogP contribution is 2.31. The molecule has 22 heavy (non-hydrogen) atoms. The summed E-state index contributed by atoms with van der Waals surface area (Å²) in [6, 6.07) is 7.42. The number of aromatic nitrogens is 2. The fourth-order valence-electron chi connectivity index (χ4n) is 2.23. The van der Waals surface area contributed by atoms with Crippen LogP contribution < -0.4 is 16.0 Å². The maximum absolute atomic E-state index is 12.5. The van der Waals surface area contributed by atoms with Crippen LogP contribution in [-0.2, 0) is 11.3 Å². The highest BCUT2D eigenvalue weighted by atomic mass is 32.1. The summed E-state index contributed by atoms with van der Waals surface area (Å²) in [5, 5.41) is 2.38. The van der Waals surface area contributed by atoms with E-state index in [0.717, 1.165) is 16.9 Å². The van der Waals surface area contributed by atoms with Gasteiger partial charge in [0.2, 0.25) is 5.91 Å². The number of carbonyl (C=O) groups is 1. The van der Waals surface area contributed by atoms with Gasteiger partial charge in [0.15, 0.2) is 0 Å². The first-order valence-corrected chi connectivity index (χ1v) is 7.37. The number of hydrogen-bond acceptors (Lipinski definition) is 5. The molecule has 1 aromatic carbocycles. The van der Waals surface area contributed by atoms with Gasteiger partial charge < -0.3 is 10.5 Å². The van der Waals surface area contributed by atoms with Crippen molar-refractivity contribution in [2.24, 2.45) is 5.73 Å². The minimum Gasteiger partial charge on any atom is -0.497 e. The van der Waals surface area contributed by atoms with E-state index in [1.54, 1.807) is 7.11 Å². The summed E-state index contributed by atoms with van der Waals surface area (Å²) in [7, 11) is 1.60. The molecule has 3 aromatic rings. The van der Waals surface area contributed by atoms with Crippen molar-refractivity contribution < 1.29 is 9.53 Å². The molecule has 0 aliphatic heterocycles. The molecule has 2 N–H and O–H groups in total. The highest BCUT2D eigenvalue weighted by molar-refractivity contribution is 7.17. The van der Waals surface area contributed by atoms with Crippen LogP contribution in [0, 0.1) is 0 Å². The monoisotopic (exact) mass is 315 g/mol. The Hall–Kier alpha value is -2.67. The summed E-state index contributed by atoms with van der Waals surface area (Å²) in [4.78, 5) is 28.4. The van der Waals surface area contributed by atoms with Crippen LogP contribution in [0.3, 0.4) is 0 Å². The van der Waals surface area contributed by atoms with Gasteiger partial charge in [-0.05, 0) is 17.7 Å². The predicted molar refractivity (Wildman–Crippen MR) is 85.1 cm³/mol. The molecular formula is C15H13N3O3S. The average Bonchev–Trinajstić information content (AvgIpc) is 2.94. The topological polar surface area (TPSA) is 87.2 Å². The van der Waals surface area contributed by atoms with Crippen LogP contribution in [0.1, 0.15) is 0 Å². The molecule has 0 radical (unpaired) electrons. The first kappa shape index (κ1) is 14.3. The van der Waals surface area contributed by atoms with Gasteiger partial charge in [-0.3, -0.25) is 14.2 Å². The molecule has 0 fully saturated rings. The number of benzene rings is 1. The number of primary amides is 1. The minimum absolute atomic E-state index is 0.181. The minimum atomic E-state index is -0.579. The summed E-state index contributed by atoms with van der Waals surface area (Å²) in [5.74, 6) is 0.164. The van der Waals surface area contributed by atoms with Crippen LogP contribution in [0.25, 0.3) is 21.3 Å². The van der Waals surface area contributed by atoms with Crippen LogP contribution >= 0.6 is 11.3 Å². The van der Waals surface area contributed by atoms with Crippen molar-refractivity contribution in [3.8, 4) is 16.9 Å². The standard InChI is InChI=1S/C15H13N3O3S/c1-21-10-4-2-9(3-5-10)11-7-22-14-13(11)15(20)18(8-17-14)6-12(16)19/h2-5,7-8H,6H2,1H3,(H2,16,19). The smallest absolute Gasteiger partial charge is 0.263 e. The fraction of sp³-hybridized carbons (Fsp3) is 0.133. The van der Waals surface area contributed by atoms with Crippen LogP contribution in [0.4, 0.5) is 0 Å². The number of hydrogen-bond donors (Lipinski definition) is 1. The molecule has 0 atom stereocenters. The molecule has 2 heterocycles. The van der Waals surface area contributed by atoms with E-state index in [9.17, 15) is 9.59 Å². The van der Waals surface area contributed by atoms with Gasteiger partial charge in [-0.2, -0.15) is 0 Å². The number of thiophene rings is 1. The number of rotatable bonds is 4. The molecular weight excluding hydrogens is 302 g/mol. The number of nitrogens with zero attached hydrogens (tertiary/aromatic N) is 2.